The van der Waals surface area contributed by atoms with Crippen molar-refractivity contribution in [3.8, 4) is 5.75 Å². The molecule has 0 amide bonds. The molecule has 0 radical (unpaired) electrons. The molecule has 0 saturated heterocycles. The molecule has 0 aliphatic heterocycles. The van der Waals surface area contributed by atoms with E-state index in [1.54, 1.807) is 6.07 Å². The van der Waals surface area contributed by atoms with E-state index < -0.39 is 5.82 Å². The van der Waals surface area contributed by atoms with Crippen molar-refractivity contribution in [1.29, 1.82) is 0 Å². The van der Waals surface area contributed by atoms with Crippen molar-refractivity contribution in [3.05, 3.63) is 71.7 Å². The number of halogens is 1. The van der Waals surface area contributed by atoms with E-state index >= 15 is 0 Å². The molecule has 0 spiro atoms. The number of pyridine rings is 1. The summed E-state index contributed by atoms with van der Waals surface area (Å²) in [5.41, 5.74) is 2.48. The molecule has 0 unspecified atom stereocenters. The highest BCUT2D eigenvalue weighted by molar-refractivity contribution is 5.78. The SMILES string of the molecule is Oc1cc(F)cc(Cc2ccc3ccccc3n2)c1. The molecule has 2 nitrogen and oxygen atoms in total. The standard InChI is InChI=1S/C16H12FNO/c17-13-7-11(9-15(19)10-13)8-14-6-5-12-3-1-2-4-16(12)18-14/h1-7,9-10,19H,8H2. The Morgan fingerprint density at radius 2 is 1.84 bits per heavy atom. The van der Waals surface area contributed by atoms with E-state index in [4.69, 9.17) is 0 Å². The maximum atomic E-state index is 13.2. The molecule has 19 heavy (non-hydrogen) atoms. The minimum Gasteiger partial charge on any atom is -0.508 e. The van der Waals surface area contributed by atoms with Gasteiger partial charge in [0.1, 0.15) is 11.6 Å². The van der Waals surface area contributed by atoms with Gasteiger partial charge >= 0.3 is 0 Å². The Kier molecular flexibility index (Phi) is 2.88. The highest BCUT2D eigenvalue weighted by Crippen LogP contribution is 2.18. The summed E-state index contributed by atoms with van der Waals surface area (Å²) in [5, 5.41) is 10.5. The van der Waals surface area contributed by atoms with Gasteiger partial charge in [0.15, 0.2) is 0 Å². The molecule has 3 rings (SSSR count). The van der Waals surface area contributed by atoms with Crippen LogP contribution in [0.3, 0.4) is 0 Å². The number of benzene rings is 2. The molecule has 0 bridgehead atoms. The molecule has 1 N–H and O–H groups in total. The number of nitrogens with zero attached hydrogens (tertiary/aromatic N) is 1. The molecular weight excluding hydrogens is 241 g/mol. The van der Waals surface area contributed by atoms with Crippen molar-refractivity contribution in [3.63, 3.8) is 0 Å². The number of aromatic hydroxyl groups is 1. The van der Waals surface area contributed by atoms with E-state index in [1.165, 1.54) is 6.07 Å². The van der Waals surface area contributed by atoms with Crippen molar-refractivity contribution in [2.24, 2.45) is 0 Å². The Balaban J connectivity index is 1.96. The summed E-state index contributed by atoms with van der Waals surface area (Å²) >= 11 is 0. The van der Waals surface area contributed by atoms with Gasteiger partial charge in [-0.25, -0.2) is 4.39 Å². The fourth-order valence-electron chi connectivity index (χ4n) is 2.15. The molecule has 3 heteroatoms. The normalized spacial score (nSPS) is 10.8. The monoisotopic (exact) mass is 253 g/mol. The molecule has 0 fully saturated rings. The summed E-state index contributed by atoms with van der Waals surface area (Å²) in [6.07, 6.45) is 0.496. The van der Waals surface area contributed by atoms with Gasteiger partial charge in [-0.1, -0.05) is 24.3 Å². The number of hydrogen-bond donors (Lipinski definition) is 1. The van der Waals surface area contributed by atoms with Crippen LogP contribution in [-0.2, 0) is 6.42 Å². The fourth-order valence-corrected chi connectivity index (χ4v) is 2.15. The summed E-state index contributed by atoms with van der Waals surface area (Å²) in [5.74, 6) is -0.494. The number of para-hydroxylation sites is 1. The van der Waals surface area contributed by atoms with Gasteiger partial charge in [-0.2, -0.15) is 0 Å². The first-order chi connectivity index (χ1) is 9.20. The molecule has 1 aromatic heterocycles. The highest BCUT2D eigenvalue weighted by Gasteiger charge is 2.03. The lowest BCUT2D eigenvalue weighted by Crippen LogP contribution is -1.93. The first-order valence-electron chi connectivity index (χ1n) is 6.04. The zero-order chi connectivity index (χ0) is 13.2. The van der Waals surface area contributed by atoms with Crippen LogP contribution in [-0.4, -0.2) is 10.1 Å². The second-order valence-corrected chi connectivity index (χ2v) is 4.49. The number of rotatable bonds is 2. The van der Waals surface area contributed by atoms with Crippen molar-refractivity contribution < 1.29 is 9.50 Å². The van der Waals surface area contributed by atoms with Crippen molar-refractivity contribution in [1.82, 2.24) is 4.98 Å². The van der Waals surface area contributed by atoms with Crippen LogP contribution in [0.15, 0.2) is 54.6 Å². The highest BCUT2D eigenvalue weighted by atomic mass is 19.1. The van der Waals surface area contributed by atoms with Gasteiger partial charge in [0.25, 0.3) is 0 Å². The number of hydrogen-bond acceptors (Lipinski definition) is 2. The first kappa shape index (κ1) is 11.7. The van der Waals surface area contributed by atoms with Gasteiger partial charge in [0, 0.05) is 23.6 Å². The third-order valence-electron chi connectivity index (χ3n) is 2.98. The zero-order valence-corrected chi connectivity index (χ0v) is 10.2. The van der Waals surface area contributed by atoms with Crippen LogP contribution in [0.1, 0.15) is 11.3 Å². The van der Waals surface area contributed by atoms with Crippen LogP contribution in [0.5, 0.6) is 5.75 Å². The maximum Gasteiger partial charge on any atom is 0.127 e. The third kappa shape index (κ3) is 2.55. The predicted octanol–water partition coefficient (Wildman–Crippen LogP) is 3.67. The molecule has 3 aromatic rings. The van der Waals surface area contributed by atoms with Crippen LogP contribution < -0.4 is 0 Å². The number of phenolic OH excluding ortho intramolecular Hbond substituents is 1. The lowest BCUT2D eigenvalue weighted by molar-refractivity contribution is 0.468. The third-order valence-corrected chi connectivity index (χ3v) is 2.98. The van der Waals surface area contributed by atoms with E-state index in [1.807, 2.05) is 36.4 Å². The van der Waals surface area contributed by atoms with Crippen LogP contribution in [0, 0.1) is 5.82 Å². The molecule has 2 aromatic carbocycles. The van der Waals surface area contributed by atoms with Crippen LogP contribution in [0.4, 0.5) is 4.39 Å². The Hall–Kier alpha value is -2.42. The van der Waals surface area contributed by atoms with Crippen LogP contribution >= 0.6 is 0 Å². The minimum absolute atomic E-state index is 0.0595. The van der Waals surface area contributed by atoms with Gasteiger partial charge in [0.2, 0.25) is 0 Å². The topological polar surface area (TPSA) is 33.1 Å². The average Bonchev–Trinajstić information content (AvgIpc) is 2.37. The largest absolute Gasteiger partial charge is 0.508 e. The van der Waals surface area contributed by atoms with E-state index in [0.717, 1.165) is 22.7 Å². The van der Waals surface area contributed by atoms with Crippen LogP contribution in [0.2, 0.25) is 0 Å². The molecule has 0 aliphatic rings. The summed E-state index contributed by atoms with van der Waals surface area (Å²) < 4.78 is 13.2. The van der Waals surface area contributed by atoms with E-state index in [2.05, 4.69) is 4.98 Å². The Labute approximate surface area is 110 Å². The van der Waals surface area contributed by atoms with Crippen molar-refractivity contribution in [2.75, 3.05) is 0 Å². The molecule has 94 valence electrons. The number of aromatic nitrogens is 1. The Bertz CT molecular complexity index is 719. The van der Waals surface area contributed by atoms with E-state index in [9.17, 15) is 9.50 Å². The van der Waals surface area contributed by atoms with Gasteiger partial charge in [-0.15, -0.1) is 0 Å². The summed E-state index contributed by atoms with van der Waals surface area (Å²) in [4.78, 5) is 4.53. The number of fused-ring (bicyclic) bond motifs is 1. The van der Waals surface area contributed by atoms with E-state index in [-0.39, 0.29) is 5.75 Å². The molecule has 0 aliphatic carbocycles. The van der Waals surface area contributed by atoms with Gasteiger partial charge < -0.3 is 5.11 Å². The zero-order valence-electron chi connectivity index (χ0n) is 10.2. The van der Waals surface area contributed by atoms with Gasteiger partial charge in [-0.05, 0) is 29.8 Å². The summed E-state index contributed by atoms with van der Waals surface area (Å²) in [6, 6.07) is 15.8. The predicted molar refractivity (Wildman–Crippen MR) is 72.6 cm³/mol. The van der Waals surface area contributed by atoms with Crippen LogP contribution in [0.25, 0.3) is 10.9 Å². The van der Waals surface area contributed by atoms with E-state index in [0.29, 0.717) is 12.0 Å². The lowest BCUT2D eigenvalue weighted by atomic mass is 10.1. The summed E-state index contributed by atoms with van der Waals surface area (Å²) in [7, 11) is 0. The molecule has 0 atom stereocenters. The summed E-state index contributed by atoms with van der Waals surface area (Å²) in [6.45, 7) is 0. The Morgan fingerprint density at radius 3 is 2.68 bits per heavy atom. The number of phenols is 1. The Morgan fingerprint density at radius 1 is 1.00 bits per heavy atom. The smallest absolute Gasteiger partial charge is 0.127 e. The molecule has 0 saturated carbocycles. The first-order valence-corrected chi connectivity index (χ1v) is 6.04. The fraction of sp³-hybridized carbons (Fsp3) is 0.0625. The van der Waals surface area contributed by atoms with Crippen molar-refractivity contribution in [2.45, 2.75) is 6.42 Å². The van der Waals surface area contributed by atoms with Gasteiger partial charge in [0.05, 0.1) is 5.52 Å². The minimum atomic E-state index is -0.434. The maximum absolute atomic E-state index is 13.2. The molecular formula is C16H12FNO. The second-order valence-electron chi connectivity index (χ2n) is 4.49. The molecule has 1 heterocycles. The average molecular weight is 253 g/mol. The lowest BCUT2D eigenvalue weighted by Gasteiger charge is -2.04. The second kappa shape index (κ2) is 4.69. The quantitative estimate of drug-likeness (QED) is 0.756. The van der Waals surface area contributed by atoms with Crippen molar-refractivity contribution >= 4 is 10.9 Å². The van der Waals surface area contributed by atoms with Gasteiger partial charge in [-0.3, -0.25) is 4.98 Å².